The highest BCUT2D eigenvalue weighted by Gasteiger charge is 2.25. The van der Waals surface area contributed by atoms with Crippen molar-refractivity contribution >= 4 is 21.9 Å². The van der Waals surface area contributed by atoms with E-state index in [1.807, 2.05) is 30.5 Å². The normalized spacial score (nSPS) is 10.7. The van der Waals surface area contributed by atoms with Gasteiger partial charge in [0.15, 0.2) is 0 Å². The molecule has 0 radical (unpaired) electrons. The number of aryl methyl sites for hydroxylation is 1. The number of hydrogen-bond acceptors (Lipinski definition) is 5. The molecule has 2 heterocycles. The van der Waals surface area contributed by atoms with E-state index in [9.17, 15) is 4.79 Å². The third kappa shape index (κ3) is 3.46. The van der Waals surface area contributed by atoms with Gasteiger partial charge in [0.25, 0.3) is 0 Å². The summed E-state index contributed by atoms with van der Waals surface area (Å²) in [5.74, 6) is 1.45. The molecule has 25 heavy (non-hydrogen) atoms. The Hall–Kier alpha value is -2.54. The lowest BCUT2D eigenvalue weighted by molar-refractivity contribution is 0.0597. The predicted molar refractivity (Wildman–Crippen MR) is 95.8 cm³/mol. The van der Waals surface area contributed by atoms with Gasteiger partial charge in [-0.05, 0) is 47.1 Å². The Morgan fingerprint density at radius 1 is 1.28 bits per heavy atom. The molecule has 2 aromatic heterocycles. The molecule has 0 spiro atoms. The summed E-state index contributed by atoms with van der Waals surface area (Å²) in [5, 5.41) is 4.26. The van der Waals surface area contributed by atoms with Gasteiger partial charge in [-0.2, -0.15) is 5.10 Å². The second kappa shape index (κ2) is 7.14. The van der Waals surface area contributed by atoms with Crippen molar-refractivity contribution in [3.63, 3.8) is 0 Å². The quantitative estimate of drug-likeness (QED) is 0.599. The number of halogens is 1. The first kappa shape index (κ1) is 17.3. The zero-order valence-corrected chi connectivity index (χ0v) is 15.7. The van der Waals surface area contributed by atoms with Gasteiger partial charge in [0.05, 0.1) is 31.4 Å². The van der Waals surface area contributed by atoms with Crippen molar-refractivity contribution in [3.8, 4) is 17.1 Å². The molecule has 0 fully saturated rings. The molecule has 0 aliphatic rings. The number of furan rings is 1. The standard InChI is InChI=1S/C18H17BrN2O4/c1-11-16(18(22)24-3)15(10-21-9-13(19)8-20-21)17(25-11)12-4-6-14(23-2)7-5-12/h4-9H,10H2,1-3H3. The molecule has 0 saturated carbocycles. The van der Waals surface area contributed by atoms with Crippen LogP contribution in [0.2, 0.25) is 0 Å². The molecule has 0 N–H and O–H groups in total. The molecule has 130 valence electrons. The summed E-state index contributed by atoms with van der Waals surface area (Å²) in [6.45, 7) is 2.14. The molecule has 0 atom stereocenters. The van der Waals surface area contributed by atoms with E-state index >= 15 is 0 Å². The average molecular weight is 405 g/mol. The van der Waals surface area contributed by atoms with Gasteiger partial charge in [0.2, 0.25) is 0 Å². The molecule has 0 bridgehead atoms. The van der Waals surface area contributed by atoms with Crippen LogP contribution >= 0.6 is 15.9 Å². The Balaban J connectivity index is 2.11. The fourth-order valence-corrected chi connectivity index (χ4v) is 3.00. The fraction of sp³-hybridized carbons (Fsp3) is 0.222. The van der Waals surface area contributed by atoms with E-state index in [0.29, 0.717) is 23.6 Å². The van der Waals surface area contributed by atoms with E-state index in [-0.39, 0.29) is 0 Å². The first-order valence-electron chi connectivity index (χ1n) is 7.56. The van der Waals surface area contributed by atoms with E-state index in [1.165, 1.54) is 7.11 Å². The number of rotatable bonds is 5. The summed E-state index contributed by atoms with van der Waals surface area (Å²) in [6.07, 6.45) is 3.53. The first-order chi connectivity index (χ1) is 12.0. The maximum Gasteiger partial charge on any atom is 0.341 e. The number of ether oxygens (including phenoxy) is 2. The van der Waals surface area contributed by atoms with Crippen LogP contribution in [0.25, 0.3) is 11.3 Å². The molecule has 0 amide bonds. The largest absolute Gasteiger partial charge is 0.497 e. The SMILES string of the molecule is COC(=O)c1c(C)oc(-c2ccc(OC)cc2)c1Cn1cc(Br)cn1. The molecule has 3 aromatic rings. The van der Waals surface area contributed by atoms with Crippen LogP contribution in [0.3, 0.4) is 0 Å². The van der Waals surface area contributed by atoms with Crippen LogP contribution in [-0.4, -0.2) is 30.0 Å². The molecule has 0 aliphatic heterocycles. The van der Waals surface area contributed by atoms with Crippen LogP contribution < -0.4 is 4.74 Å². The summed E-state index contributed by atoms with van der Waals surface area (Å²) < 4.78 is 18.6. The number of aromatic nitrogens is 2. The van der Waals surface area contributed by atoms with Gasteiger partial charge in [-0.15, -0.1) is 0 Å². The molecule has 1 aromatic carbocycles. The first-order valence-corrected chi connectivity index (χ1v) is 8.35. The minimum atomic E-state index is -0.428. The maximum atomic E-state index is 12.3. The van der Waals surface area contributed by atoms with E-state index < -0.39 is 5.97 Å². The van der Waals surface area contributed by atoms with Crippen LogP contribution in [0.4, 0.5) is 0 Å². The highest BCUT2D eigenvalue weighted by Crippen LogP contribution is 2.33. The second-order valence-electron chi connectivity index (χ2n) is 5.42. The molecule has 6 nitrogen and oxygen atoms in total. The summed E-state index contributed by atoms with van der Waals surface area (Å²) in [6, 6.07) is 7.47. The van der Waals surface area contributed by atoms with Crippen molar-refractivity contribution < 1.29 is 18.7 Å². The van der Waals surface area contributed by atoms with Crippen molar-refractivity contribution in [2.24, 2.45) is 0 Å². The lowest BCUT2D eigenvalue weighted by Gasteiger charge is -2.07. The minimum absolute atomic E-state index is 0.384. The summed E-state index contributed by atoms with van der Waals surface area (Å²) in [5.41, 5.74) is 2.00. The van der Waals surface area contributed by atoms with Crippen molar-refractivity contribution in [1.82, 2.24) is 9.78 Å². The van der Waals surface area contributed by atoms with Gasteiger partial charge < -0.3 is 13.9 Å². The van der Waals surface area contributed by atoms with Crippen molar-refractivity contribution in [2.75, 3.05) is 14.2 Å². The van der Waals surface area contributed by atoms with Gasteiger partial charge in [0, 0.05) is 17.3 Å². The highest BCUT2D eigenvalue weighted by atomic mass is 79.9. The number of nitrogens with zero attached hydrogens (tertiary/aromatic N) is 2. The maximum absolute atomic E-state index is 12.3. The molecule has 3 rings (SSSR count). The summed E-state index contributed by atoms with van der Waals surface area (Å²) >= 11 is 3.38. The van der Waals surface area contributed by atoms with Gasteiger partial charge >= 0.3 is 5.97 Å². The third-order valence-electron chi connectivity index (χ3n) is 3.85. The van der Waals surface area contributed by atoms with E-state index in [1.54, 1.807) is 24.9 Å². The van der Waals surface area contributed by atoms with Crippen molar-refractivity contribution in [3.05, 3.63) is 58.0 Å². The number of carbonyl (C=O) groups excluding carboxylic acids is 1. The number of carbonyl (C=O) groups is 1. The Labute approximate surface area is 153 Å². The van der Waals surface area contributed by atoms with E-state index in [2.05, 4.69) is 21.0 Å². The Kier molecular flexibility index (Phi) is 4.94. The third-order valence-corrected chi connectivity index (χ3v) is 4.26. The predicted octanol–water partition coefficient (Wildman–Crippen LogP) is 4.06. The zero-order chi connectivity index (χ0) is 18.0. The zero-order valence-electron chi connectivity index (χ0n) is 14.1. The van der Waals surface area contributed by atoms with Gasteiger partial charge in [-0.3, -0.25) is 4.68 Å². The van der Waals surface area contributed by atoms with Gasteiger partial charge in [-0.1, -0.05) is 0 Å². The van der Waals surface area contributed by atoms with E-state index in [0.717, 1.165) is 21.3 Å². The lowest BCUT2D eigenvalue weighted by atomic mass is 10.0. The summed E-state index contributed by atoms with van der Waals surface area (Å²) in [7, 11) is 2.97. The van der Waals surface area contributed by atoms with Crippen LogP contribution in [0, 0.1) is 6.92 Å². The fourth-order valence-electron chi connectivity index (χ4n) is 2.67. The highest BCUT2D eigenvalue weighted by molar-refractivity contribution is 9.10. The Morgan fingerprint density at radius 2 is 2.00 bits per heavy atom. The topological polar surface area (TPSA) is 66.5 Å². The second-order valence-corrected chi connectivity index (χ2v) is 6.33. The number of hydrogen-bond donors (Lipinski definition) is 0. The monoisotopic (exact) mass is 404 g/mol. The summed E-state index contributed by atoms with van der Waals surface area (Å²) in [4.78, 5) is 12.3. The molecule has 0 aliphatic carbocycles. The lowest BCUT2D eigenvalue weighted by Crippen LogP contribution is -2.09. The Morgan fingerprint density at radius 3 is 2.56 bits per heavy atom. The van der Waals surface area contributed by atoms with Gasteiger partial charge in [-0.25, -0.2) is 4.79 Å². The van der Waals surface area contributed by atoms with Crippen molar-refractivity contribution in [1.29, 1.82) is 0 Å². The number of esters is 1. The minimum Gasteiger partial charge on any atom is -0.497 e. The molecular weight excluding hydrogens is 388 g/mol. The number of methoxy groups -OCH3 is 2. The van der Waals surface area contributed by atoms with Crippen LogP contribution in [0.15, 0.2) is 45.5 Å². The smallest absolute Gasteiger partial charge is 0.341 e. The van der Waals surface area contributed by atoms with Crippen LogP contribution in [0.1, 0.15) is 21.7 Å². The molecular formula is C18H17BrN2O4. The Bertz CT molecular complexity index is 896. The van der Waals surface area contributed by atoms with E-state index in [4.69, 9.17) is 13.9 Å². The van der Waals surface area contributed by atoms with Crippen molar-refractivity contribution in [2.45, 2.75) is 13.5 Å². The average Bonchev–Trinajstić information content (AvgIpc) is 3.17. The van der Waals surface area contributed by atoms with Crippen LogP contribution in [0.5, 0.6) is 5.75 Å². The van der Waals surface area contributed by atoms with Gasteiger partial charge in [0.1, 0.15) is 22.8 Å². The van der Waals surface area contributed by atoms with Crippen LogP contribution in [-0.2, 0) is 11.3 Å². The molecule has 7 heteroatoms. The molecule has 0 unspecified atom stereocenters. The molecule has 0 saturated heterocycles. The number of benzene rings is 1.